The van der Waals surface area contributed by atoms with E-state index in [1.165, 1.54) is 4.88 Å². The van der Waals surface area contributed by atoms with Crippen LogP contribution in [-0.2, 0) is 13.1 Å². The topological polar surface area (TPSA) is 41.1 Å². The van der Waals surface area contributed by atoms with Crippen molar-refractivity contribution < 1.29 is 0 Å². The third-order valence-corrected chi connectivity index (χ3v) is 4.05. The Labute approximate surface area is 131 Å². The molecule has 0 radical (unpaired) electrons. The zero-order valence-corrected chi connectivity index (χ0v) is 14.3. The zero-order chi connectivity index (χ0) is 15.5. The summed E-state index contributed by atoms with van der Waals surface area (Å²) in [6.45, 7) is 10.2. The Kier molecular flexibility index (Phi) is 4.96. The van der Waals surface area contributed by atoms with E-state index >= 15 is 0 Å². The molecule has 2 heterocycles. The largest absolute Gasteiger partial charge is 0.339 e. The summed E-state index contributed by atoms with van der Waals surface area (Å²) in [5, 5.41) is 5.57. The molecule has 0 saturated carbocycles. The molecule has 0 amide bonds. The summed E-state index contributed by atoms with van der Waals surface area (Å²) < 4.78 is 0. The van der Waals surface area contributed by atoms with Gasteiger partial charge < -0.3 is 10.2 Å². The zero-order valence-electron chi connectivity index (χ0n) is 13.5. The number of nitrogens with one attached hydrogen (secondary N) is 1. The highest BCUT2D eigenvalue weighted by molar-refractivity contribution is 7.09. The van der Waals surface area contributed by atoms with Crippen molar-refractivity contribution in [2.45, 2.75) is 46.3 Å². The summed E-state index contributed by atoms with van der Waals surface area (Å²) in [7, 11) is 2.03. The van der Waals surface area contributed by atoms with Crippen molar-refractivity contribution in [3.05, 3.63) is 39.8 Å². The van der Waals surface area contributed by atoms with Crippen molar-refractivity contribution in [2.24, 2.45) is 0 Å². The summed E-state index contributed by atoms with van der Waals surface area (Å²) in [5.41, 5.74) is 2.29. The van der Waals surface area contributed by atoms with Crippen LogP contribution in [0, 0.1) is 6.92 Å². The number of hydrogen-bond donors (Lipinski definition) is 1. The summed E-state index contributed by atoms with van der Waals surface area (Å²) in [6.07, 6.45) is 1.93. The van der Waals surface area contributed by atoms with E-state index < -0.39 is 0 Å². The van der Waals surface area contributed by atoms with Crippen molar-refractivity contribution in [3.63, 3.8) is 0 Å². The van der Waals surface area contributed by atoms with Crippen LogP contribution in [0.5, 0.6) is 0 Å². The minimum absolute atomic E-state index is 0.0983. The van der Waals surface area contributed by atoms with Crippen LogP contribution < -0.4 is 10.2 Å². The molecule has 0 bridgehead atoms. The molecule has 1 N–H and O–H groups in total. The maximum atomic E-state index is 4.63. The first-order chi connectivity index (χ1) is 9.85. The van der Waals surface area contributed by atoms with Crippen LogP contribution >= 0.6 is 11.3 Å². The molecule has 0 aliphatic heterocycles. The fraction of sp³-hybridized carbons (Fsp3) is 0.500. The van der Waals surface area contributed by atoms with Crippen LogP contribution in [0.4, 0.5) is 5.95 Å². The molecule has 0 fully saturated rings. The fourth-order valence-electron chi connectivity index (χ4n) is 1.90. The van der Waals surface area contributed by atoms with Gasteiger partial charge in [-0.05, 0) is 39.1 Å². The van der Waals surface area contributed by atoms with Gasteiger partial charge in [-0.25, -0.2) is 9.97 Å². The second-order valence-corrected chi connectivity index (χ2v) is 7.35. The normalized spacial score (nSPS) is 11.7. The van der Waals surface area contributed by atoms with Gasteiger partial charge in [0.1, 0.15) is 0 Å². The van der Waals surface area contributed by atoms with Gasteiger partial charge in [-0.1, -0.05) is 6.07 Å². The van der Waals surface area contributed by atoms with Crippen LogP contribution in [0.2, 0.25) is 0 Å². The molecule has 2 aromatic heterocycles. The fourth-order valence-corrected chi connectivity index (χ4v) is 2.66. The van der Waals surface area contributed by atoms with Crippen molar-refractivity contribution >= 4 is 17.3 Å². The third kappa shape index (κ3) is 4.79. The number of thiophene rings is 1. The van der Waals surface area contributed by atoms with E-state index in [2.05, 4.69) is 58.5 Å². The standard InChI is InChI=1S/C16H24N4S/c1-12-13(10-18-16(2,3)4)9-17-15(19-12)20(5)11-14-7-6-8-21-14/h6-9,18H,10-11H2,1-5H3. The minimum atomic E-state index is 0.0983. The number of aromatic nitrogens is 2. The number of aryl methyl sites for hydroxylation is 1. The van der Waals surface area contributed by atoms with Gasteiger partial charge in [0.15, 0.2) is 0 Å². The van der Waals surface area contributed by atoms with Gasteiger partial charge >= 0.3 is 0 Å². The first kappa shape index (κ1) is 15.9. The number of rotatable bonds is 5. The molecule has 0 atom stereocenters. The molecule has 4 nitrogen and oxygen atoms in total. The molecule has 0 unspecified atom stereocenters. The molecule has 5 heteroatoms. The maximum Gasteiger partial charge on any atom is 0.225 e. The van der Waals surface area contributed by atoms with Gasteiger partial charge in [-0.2, -0.15) is 0 Å². The molecular formula is C16H24N4S. The highest BCUT2D eigenvalue weighted by atomic mass is 32.1. The van der Waals surface area contributed by atoms with Crippen LogP contribution in [0.25, 0.3) is 0 Å². The van der Waals surface area contributed by atoms with Gasteiger partial charge in [0.2, 0.25) is 5.95 Å². The van der Waals surface area contributed by atoms with E-state index in [9.17, 15) is 0 Å². The molecular weight excluding hydrogens is 280 g/mol. The lowest BCUT2D eigenvalue weighted by atomic mass is 10.1. The molecule has 0 aliphatic carbocycles. The lowest BCUT2D eigenvalue weighted by molar-refractivity contribution is 0.423. The van der Waals surface area contributed by atoms with E-state index in [1.54, 1.807) is 11.3 Å². The Balaban J connectivity index is 2.04. The van der Waals surface area contributed by atoms with Crippen molar-refractivity contribution in [3.8, 4) is 0 Å². The summed E-state index contributed by atoms with van der Waals surface area (Å²) in [6, 6.07) is 4.21. The molecule has 21 heavy (non-hydrogen) atoms. The second kappa shape index (κ2) is 6.54. The van der Waals surface area contributed by atoms with Crippen molar-refractivity contribution in [2.75, 3.05) is 11.9 Å². The van der Waals surface area contributed by atoms with Crippen LogP contribution in [0.15, 0.2) is 23.7 Å². The lowest BCUT2D eigenvalue weighted by Crippen LogP contribution is -2.35. The Morgan fingerprint density at radius 3 is 2.67 bits per heavy atom. The first-order valence-electron chi connectivity index (χ1n) is 7.16. The molecule has 0 aliphatic rings. The average molecular weight is 304 g/mol. The average Bonchev–Trinajstić information content (AvgIpc) is 2.89. The van der Waals surface area contributed by atoms with Gasteiger partial charge in [0.05, 0.1) is 6.54 Å². The van der Waals surface area contributed by atoms with Gasteiger partial charge in [-0.15, -0.1) is 11.3 Å². The van der Waals surface area contributed by atoms with E-state index in [4.69, 9.17) is 0 Å². The smallest absolute Gasteiger partial charge is 0.225 e. The Hall–Kier alpha value is -1.46. The molecule has 2 rings (SSSR count). The van der Waals surface area contributed by atoms with Crippen molar-refractivity contribution in [1.29, 1.82) is 0 Å². The first-order valence-corrected chi connectivity index (χ1v) is 8.04. The van der Waals surface area contributed by atoms with Gasteiger partial charge in [0.25, 0.3) is 0 Å². The van der Waals surface area contributed by atoms with Crippen LogP contribution in [-0.4, -0.2) is 22.6 Å². The second-order valence-electron chi connectivity index (χ2n) is 6.32. The van der Waals surface area contributed by atoms with E-state index in [0.717, 1.165) is 30.3 Å². The van der Waals surface area contributed by atoms with Crippen LogP contribution in [0.1, 0.15) is 36.9 Å². The van der Waals surface area contributed by atoms with Crippen molar-refractivity contribution in [1.82, 2.24) is 15.3 Å². The van der Waals surface area contributed by atoms with Gasteiger partial charge in [-0.3, -0.25) is 0 Å². The number of nitrogens with zero attached hydrogens (tertiary/aromatic N) is 3. The Bertz CT molecular complexity index is 572. The summed E-state index contributed by atoms with van der Waals surface area (Å²) in [4.78, 5) is 12.5. The van der Waals surface area contributed by atoms with Gasteiger partial charge in [0, 0.05) is 41.5 Å². The van der Waals surface area contributed by atoms with E-state index in [0.29, 0.717) is 0 Å². The maximum absolute atomic E-state index is 4.63. The molecule has 114 valence electrons. The highest BCUT2D eigenvalue weighted by Gasteiger charge is 2.12. The third-order valence-electron chi connectivity index (χ3n) is 3.19. The predicted octanol–water partition coefficient (Wildman–Crippen LogP) is 3.37. The monoisotopic (exact) mass is 304 g/mol. The molecule has 2 aromatic rings. The Morgan fingerprint density at radius 2 is 2.10 bits per heavy atom. The van der Waals surface area contributed by atoms with E-state index in [-0.39, 0.29) is 5.54 Å². The predicted molar refractivity (Wildman–Crippen MR) is 89.8 cm³/mol. The number of anilines is 1. The van der Waals surface area contributed by atoms with Crippen LogP contribution in [0.3, 0.4) is 0 Å². The highest BCUT2D eigenvalue weighted by Crippen LogP contribution is 2.16. The molecule has 0 aromatic carbocycles. The van der Waals surface area contributed by atoms with E-state index in [1.807, 2.05) is 20.2 Å². The minimum Gasteiger partial charge on any atom is -0.339 e. The lowest BCUT2D eigenvalue weighted by Gasteiger charge is -2.22. The SMILES string of the molecule is Cc1nc(N(C)Cc2cccs2)ncc1CNC(C)(C)C. The quantitative estimate of drug-likeness (QED) is 0.919. The summed E-state index contributed by atoms with van der Waals surface area (Å²) in [5.74, 6) is 0.778. The number of hydrogen-bond acceptors (Lipinski definition) is 5. The summed E-state index contributed by atoms with van der Waals surface area (Å²) >= 11 is 1.76. The Morgan fingerprint density at radius 1 is 1.33 bits per heavy atom. The molecule has 0 spiro atoms. The molecule has 0 saturated heterocycles.